The van der Waals surface area contributed by atoms with E-state index in [4.69, 9.17) is 14.5 Å². The lowest BCUT2D eigenvalue weighted by Gasteiger charge is -2.34. The van der Waals surface area contributed by atoms with Crippen LogP contribution >= 0.6 is 0 Å². The molecule has 0 amide bonds. The minimum absolute atomic E-state index is 0.0870. The molecule has 4 heterocycles. The number of nitrogens with zero attached hydrogens (tertiary/aromatic N) is 5. The Balaban J connectivity index is 1.23. The van der Waals surface area contributed by atoms with Gasteiger partial charge in [-0.15, -0.1) is 0 Å². The highest BCUT2D eigenvalue weighted by molar-refractivity contribution is 5.59. The quantitative estimate of drug-likeness (QED) is 0.463. The van der Waals surface area contributed by atoms with Crippen molar-refractivity contribution in [1.29, 1.82) is 0 Å². The molecule has 184 valence electrons. The van der Waals surface area contributed by atoms with Gasteiger partial charge in [-0.05, 0) is 62.2 Å². The fourth-order valence-corrected chi connectivity index (χ4v) is 4.78. The minimum Gasteiger partial charge on any atom is -0.494 e. The number of morpholine rings is 1. The standard InChI is InChI=1S/C27H33N5O3/c1-30-26(33)19-24(21-9-11-28-12-10-21)29-27(30)32-16-18-35-25(20-32)22-5-7-23(8-6-22)34-17-4-15-31-13-2-3-14-31/h5-12,19,25H,2-4,13-18,20H2,1H3/t25-/m1/s1. The first-order valence-electron chi connectivity index (χ1n) is 12.5. The van der Waals surface area contributed by atoms with Crippen molar-refractivity contribution in [3.05, 3.63) is 70.8 Å². The van der Waals surface area contributed by atoms with E-state index in [9.17, 15) is 4.79 Å². The first kappa shape index (κ1) is 23.5. The summed E-state index contributed by atoms with van der Waals surface area (Å²) in [6, 6.07) is 13.5. The van der Waals surface area contributed by atoms with E-state index in [2.05, 4.69) is 26.9 Å². The molecule has 2 aliphatic heterocycles. The molecule has 8 nitrogen and oxygen atoms in total. The summed E-state index contributed by atoms with van der Waals surface area (Å²) in [5, 5.41) is 0. The van der Waals surface area contributed by atoms with Crippen molar-refractivity contribution in [2.45, 2.75) is 25.4 Å². The van der Waals surface area contributed by atoms with Crippen LogP contribution in [0.25, 0.3) is 11.3 Å². The highest BCUT2D eigenvalue weighted by Gasteiger charge is 2.25. The maximum atomic E-state index is 12.7. The van der Waals surface area contributed by atoms with Gasteiger partial charge in [0, 0.05) is 44.2 Å². The van der Waals surface area contributed by atoms with Crippen LogP contribution in [0.15, 0.2) is 59.7 Å². The Bertz CT molecular complexity index is 1160. The maximum Gasteiger partial charge on any atom is 0.255 e. The van der Waals surface area contributed by atoms with E-state index < -0.39 is 0 Å². The molecule has 3 aromatic rings. The largest absolute Gasteiger partial charge is 0.494 e. The van der Waals surface area contributed by atoms with E-state index in [1.165, 1.54) is 25.9 Å². The second kappa shape index (κ2) is 11.0. The van der Waals surface area contributed by atoms with Crippen molar-refractivity contribution in [2.75, 3.05) is 50.8 Å². The summed E-state index contributed by atoms with van der Waals surface area (Å²) in [4.78, 5) is 26.2. The number of hydrogen-bond donors (Lipinski definition) is 0. The lowest BCUT2D eigenvalue weighted by atomic mass is 10.1. The number of benzene rings is 1. The average molecular weight is 476 g/mol. The van der Waals surface area contributed by atoms with Gasteiger partial charge in [-0.2, -0.15) is 0 Å². The third-order valence-corrected chi connectivity index (χ3v) is 6.77. The van der Waals surface area contributed by atoms with Crippen molar-refractivity contribution in [2.24, 2.45) is 7.05 Å². The van der Waals surface area contributed by atoms with Gasteiger partial charge in [0.05, 0.1) is 25.5 Å². The molecule has 5 rings (SSSR count). The van der Waals surface area contributed by atoms with Gasteiger partial charge in [-0.1, -0.05) is 12.1 Å². The van der Waals surface area contributed by atoms with E-state index in [0.717, 1.165) is 36.4 Å². The predicted molar refractivity (Wildman–Crippen MR) is 136 cm³/mol. The van der Waals surface area contributed by atoms with Crippen LogP contribution in [-0.4, -0.2) is 65.4 Å². The summed E-state index contributed by atoms with van der Waals surface area (Å²) in [7, 11) is 1.77. The molecule has 0 N–H and O–H groups in total. The summed E-state index contributed by atoms with van der Waals surface area (Å²) in [6.45, 7) is 6.16. The summed E-state index contributed by atoms with van der Waals surface area (Å²) in [5.74, 6) is 1.53. The monoisotopic (exact) mass is 475 g/mol. The summed E-state index contributed by atoms with van der Waals surface area (Å²) in [6.07, 6.45) is 7.01. The SMILES string of the molecule is Cn1c(N2CCO[C@@H](c3ccc(OCCCN4CCCC4)cc3)C2)nc(-c2ccncc2)cc1=O. The molecule has 0 saturated carbocycles. The Kier molecular flexibility index (Phi) is 7.39. The van der Waals surface area contributed by atoms with Gasteiger partial charge < -0.3 is 19.3 Å². The number of pyridine rings is 1. The lowest BCUT2D eigenvalue weighted by Crippen LogP contribution is -2.41. The number of aromatic nitrogens is 3. The normalized spacial score (nSPS) is 18.7. The molecule has 0 aliphatic carbocycles. The van der Waals surface area contributed by atoms with Gasteiger partial charge in [-0.25, -0.2) is 4.98 Å². The van der Waals surface area contributed by atoms with Crippen molar-refractivity contribution in [3.8, 4) is 17.0 Å². The van der Waals surface area contributed by atoms with Crippen LogP contribution < -0.4 is 15.2 Å². The molecule has 1 atom stereocenters. The van der Waals surface area contributed by atoms with Crippen LogP contribution in [0.4, 0.5) is 5.95 Å². The van der Waals surface area contributed by atoms with Crippen LogP contribution in [0.5, 0.6) is 5.75 Å². The predicted octanol–water partition coefficient (Wildman–Crippen LogP) is 3.28. The third-order valence-electron chi connectivity index (χ3n) is 6.77. The van der Waals surface area contributed by atoms with E-state index >= 15 is 0 Å². The Morgan fingerprint density at radius 2 is 1.83 bits per heavy atom. The summed E-state index contributed by atoms with van der Waals surface area (Å²) < 4.78 is 13.6. The number of likely N-dealkylation sites (tertiary alicyclic amines) is 1. The Hall–Kier alpha value is -3.23. The van der Waals surface area contributed by atoms with Gasteiger partial charge in [0.2, 0.25) is 5.95 Å². The van der Waals surface area contributed by atoms with Crippen molar-refractivity contribution < 1.29 is 9.47 Å². The molecule has 2 fully saturated rings. The summed E-state index contributed by atoms with van der Waals surface area (Å²) >= 11 is 0. The smallest absolute Gasteiger partial charge is 0.255 e. The Labute approximate surface area is 206 Å². The second-order valence-corrected chi connectivity index (χ2v) is 9.20. The number of ether oxygens (including phenoxy) is 2. The van der Waals surface area contributed by atoms with E-state index in [-0.39, 0.29) is 11.7 Å². The van der Waals surface area contributed by atoms with Crippen molar-refractivity contribution in [3.63, 3.8) is 0 Å². The van der Waals surface area contributed by atoms with E-state index in [1.807, 2.05) is 24.3 Å². The van der Waals surface area contributed by atoms with Gasteiger partial charge >= 0.3 is 0 Å². The number of hydrogen-bond acceptors (Lipinski definition) is 7. The van der Waals surface area contributed by atoms with Crippen LogP contribution in [0.1, 0.15) is 30.9 Å². The second-order valence-electron chi connectivity index (χ2n) is 9.20. The highest BCUT2D eigenvalue weighted by Crippen LogP contribution is 2.27. The molecule has 0 unspecified atom stereocenters. The lowest BCUT2D eigenvalue weighted by molar-refractivity contribution is 0.0389. The Morgan fingerprint density at radius 1 is 1.06 bits per heavy atom. The molecular formula is C27H33N5O3. The fourth-order valence-electron chi connectivity index (χ4n) is 4.78. The molecule has 8 heteroatoms. The molecule has 2 aliphatic rings. The zero-order valence-electron chi connectivity index (χ0n) is 20.3. The van der Waals surface area contributed by atoms with Gasteiger partial charge in [0.25, 0.3) is 5.56 Å². The van der Waals surface area contributed by atoms with Crippen molar-refractivity contribution >= 4 is 5.95 Å². The van der Waals surface area contributed by atoms with Crippen LogP contribution in [0.3, 0.4) is 0 Å². The van der Waals surface area contributed by atoms with E-state index in [0.29, 0.717) is 31.3 Å². The molecule has 35 heavy (non-hydrogen) atoms. The Morgan fingerprint density at radius 3 is 2.60 bits per heavy atom. The number of anilines is 1. The van der Waals surface area contributed by atoms with Gasteiger partial charge in [0.15, 0.2) is 0 Å². The zero-order valence-corrected chi connectivity index (χ0v) is 20.3. The van der Waals surface area contributed by atoms with Gasteiger partial charge in [-0.3, -0.25) is 14.3 Å². The van der Waals surface area contributed by atoms with E-state index in [1.54, 1.807) is 30.1 Å². The summed E-state index contributed by atoms with van der Waals surface area (Å²) in [5.41, 5.74) is 2.53. The molecule has 0 spiro atoms. The molecule has 2 aromatic heterocycles. The van der Waals surface area contributed by atoms with Gasteiger partial charge in [0.1, 0.15) is 11.9 Å². The average Bonchev–Trinajstić information content (AvgIpc) is 3.43. The topological polar surface area (TPSA) is 72.7 Å². The van der Waals surface area contributed by atoms with Crippen LogP contribution in [-0.2, 0) is 11.8 Å². The van der Waals surface area contributed by atoms with Crippen LogP contribution in [0, 0.1) is 0 Å². The molecule has 1 aromatic carbocycles. The minimum atomic E-state index is -0.102. The first-order valence-corrected chi connectivity index (χ1v) is 12.5. The number of rotatable bonds is 8. The molecule has 0 bridgehead atoms. The van der Waals surface area contributed by atoms with Crippen molar-refractivity contribution in [1.82, 2.24) is 19.4 Å². The first-order chi connectivity index (χ1) is 17.2. The maximum absolute atomic E-state index is 12.7. The highest BCUT2D eigenvalue weighted by atomic mass is 16.5. The fraction of sp³-hybridized carbons (Fsp3) is 0.444. The molecule has 2 saturated heterocycles. The third kappa shape index (κ3) is 5.71. The van der Waals surface area contributed by atoms with Crippen LogP contribution in [0.2, 0.25) is 0 Å². The molecular weight excluding hydrogens is 442 g/mol. The zero-order chi connectivity index (χ0) is 24.0. The molecule has 0 radical (unpaired) electrons.